The largest absolute Gasteiger partial charge is 0.331 e. The van der Waals surface area contributed by atoms with Crippen LogP contribution in [0.3, 0.4) is 0 Å². The van der Waals surface area contributed by atoms with Crippen molar-refractivity contribution in [1.82, 2.24) is 14.9 Å². The summed E-state index contributed by atoms with van der Waals surface area (Å²) in [6.45, 7) is 4.75. The van der Waals surface area contributed by atoms with Crippen LogP contribution in [-0.4, -0.2) is 32.3 Å². The molecule has 84 valence electrons. The molecule has 15 heavy (non-hydrogen) atoms. The molecule has 0 amide bonds. The third-order valence-corrected chi connectivity index (χ3v) is 3.54. The van der Waals surface area contributed by atoms with E-state index in [1.54, 1.807) is 6.26 Å². The number of nitrogens with one attached hydrogen (secondary N) is 1. The number of nitrogens with zero attached hydrogens (tertiary/aromatic N) is 2. The predicted octanol–water partition coefficient (Wildman–Crippen LogP) is 0.216. The van der Waals surface area contributed by atoms with Crippen molar-refractivity contribution < 1.29 is 4.21 Å². The molecule has 0 saturated heterocycles. The summed E-state index contributed by atoms with van der Waals surface area (Å²) in [4.78, 5) is 4.53. The first-order valence-corrected chi connectivity index (χ1v) is 6.97. The number of aryl methyl sites for hydroxylation is 1. The summed E-state index contributed by atoms with van der Waals surface area (Å²) < 4.78 is 13.3. The van der Waals surface area contributed by atoms with E-state index >= 15 is 0 Å². The third kappa shape index (κ3) is 2.29. The first-order chi connectivity index (χ1) is 7.18. The highest BCUT2D eigenvalue weighted by molar-refractivity contribution is 7.84. The van der Waals surface area contributed by atoms with Crippen LogP contribution >= 0.6 is 0 Å². The lowest BCUT2D eigenvalue weighted by Gasteiger charge is -2.15. The van der Waals surface area contributed by atoms with Crippen LogP contribution in [0.2, 0.25) is 0 Å². The fraction of sp³-hybridized carbons (Fsp3) is 0.700. The van der Waals surface area contributed by atoms with Crippen molar-refractivity contribution in [3.8, 4) is 0 Å². The van der Waals surface area contributed by atoms with Gasteiger partial charge in [0, 0.05) is 54.6 Å². The first kappa shape index (κ1) is 10.8. The zero-order valence-electron chi connectivity index (χ0n) is 9.25. The molecule has 0 saturated carbocycles. The van der Waals surface area contributed by atoms with Gasteiger partial charge in [0.05, 0.1) is 5.69 Å². The molecule has 0 fully saturated rings. The highest BCUT2D eigenvalue weighted by atomic mass is 32.2. The molecule has 2 rings (SSSR count). The molecule has 1 unspecified atom stereocenters. The van der Waals surface area contributed by atoms with Gasteiger partial charge < -0.3 is 9.88 Å². The summed E-state index contributed by atoms with van der Waals surface area (Å²) in [5.41, 5.74) is 2.50. The van der Waals surface area contributed by atoms with Gasteiger partial charge in [-0.15, -0.1) is 0 Å². The third-order valence-electron chi connectivity index (χ3n) is 2.78. The van der Waals surface area contributed by atoms with Crippen LogP contribution in [0, 0.1) is 6.92 Å². The number of imidazole rings is 1. The maximum atomic E-state index is 11.1. The number of fused-ring (bicyclic) bond motifs is 1. The van der Waals surface area contributed by atoms with Crippen LogP contribution in [-0.2, 0) is 30.3 Å². The summed E-state index contributed by atoms with van der Waals surface area (Å²) in [6, 6.07) is 0. The Kier molecular flexibility index (Phi) is 3.21. The molecule has 1 aromatic heterocycles. The second kappa shape index (κ2) is 4.45. The van der Waals surface area contributed by atoms with Gasteiger partial charge in [0.1, 0.15) is 5.82 Å². The standard InChI is InChI=1S/C10H17N3OS/c1-8-12-9-7-11-4-3-10(9)13(8)5-6-15(2)14/h11H,3-7H2,1-2H3. The van der Waals surface area contributed by atoms with Crippen LogP contribution in [0.15, 0.2) is 0 Å². The first-order valence-electron chi connectivity index (χ1n) is 5.24. The van der Waals surface area contributed by atoms with Gasteiger partial charge in [-0.05, 0) is 6.92 Å². The van der Waals surface area contributed by atoms with Crippen molar-refractivity contribution in [3.05, 3.63) is 17.2 Å². The highest BCUT2D eigenvalue weighted by Gasteiger charge is 2.17. The van der Waals surface area contributed by atoms with Gasteiger partial charge in [-0.1, -0.05) is 0 Å². The van der Waals surface area contributed by atoms with Crippen molar-refractivity contribution in [2.24, 2.45) is 0 Å². The zero-order valence-corrected chi connectivity index (χ0v) is 10.1. The Morgan fingerprint density at radius 1 is 1.60 bits per heavy atom. The van der Waals surface area contributed by atoms with Crippen LogP contribution in [0.5, 0.6) is 0 Å². The lowest BCUT2D eigenvalue weighted by atomic mass is 10.2. The molecule has 0 spiro atoms. The molecular formula is C10H17N3OS. The number of hydrogen-bond donors (Lipinski definition) is 1. The maximum Gasteiger partial charge on any atom is 0.106 e. The normalized spacial score (nSPS) is 17.5. The molecule has 0 radical (unpaired) electrons. The quantitative estimate of drug-likeness (QED) is 0.803. The minimum Gasteiger partial charge on any atom is -0.331 e. The second-order valence-corrected chi connectivity index (χ2v) is 5.46. The molecule has 1 atom stereocenters. The van der Waals surface area contributed by atoms with E-state index in [-0.39, 0.29) is 0 Å². The van der Waals surface area contributed by atoms with Crippen molar-refractivity contribution in [1.29, 1.82) is 0 Å². The van der Waals surface area contributed by atoms with E-state index in [9.17, 15) is 4.21 Å². The zero-order chi connectivity index (χ0) is 10.8. The molecule has 1 aliphatic heterocycles. The summed E-state index contributed by atoms with van der Waals surface area (Å²) >= 11 is 0. The molecule has 5 heteroatoms. The number of aromatic nitrogens is 2. The van der Waals surface area contributed by atoms with E-state index in [2.05, 4.69) is 14.9 Å². The van der Waals surface area contributed by atoms with E-state index in [4.69, 9.17) is 0 Å². The number of hydrogen-bond acceptors (Lipinski definition) is 3. The summed E-state index contributed by atoms with van der Waals surface area (Å²) in [5, 5.41) is 3.31. The number of rotatable bonds is 3. The molecule has 0 aliphatic carbocycles. The summed E-state index contributed by atoms with van der Waals surface area (Å²) in [7, 11) is -0.723. The Hall–Kier alpha value is -0.680. The van der Waals surface area contributed by atoms with Crippen molar-refractivity contribution in [3.63, 3.8) is 0 Å². The fourth-order valence-corrected chi connectivity index (χ4v) is 2.46. The van der Waals surface area contributed by atoms with Gasteiger partial charge in [-0.25, -0.2) is 4.98 Å². The molecule has 4 nitrogen and oxygen atoms in total. The van der Waals surface area contributed by atoms with E-state index in [1.807, 2.05) is 6.92 Å². The molecule has 1 aliphatic rings. The Balaban J connectivity index is 2.21. The van der Waals surface area contributed by atoms with Crippen LogP contribution in [0.4, 0.5) is 0 Å². The summed E-state index contributed by atoms with van der Waals surface area (Å²) in [6.07, 6.45) is 2.78. The smallest absolute Gasteiger partial charge is 0.106 e. The van der Waals surface area contributed by atoms with Crippen LogP contribution in [0.1, 0.15) is 17.2 Å². The minimum atomic E-state index is -0.723. The maximum absolute atomic E-state index is 11.1. The monoisotopic (exact) mass is 227 g/mol. The van der Waals surface area contributed by atoms with E-state index in [0.29, 0.717) is 0 Å². The van der Waals surface area contributed by atoms with Crippen molar-refractivity contribution >= 4 is 10.8 Å². The van der Waals surface area contributed by atoms with Gasteiger partial charge >= 0.3 is 0 Å². The Morgan fingerprint density at radius 2 is 2.40 bits per heavy atom. The Labute approximate surface area is 92.5 Å². The SMILES string of the molecule is Cc1nc2c(n1CCS(C)=O)CCNC2. The van der Waals surface area contributed by atoms with Gasteiger partial charge in [0.2, 0.25) is 0 Å². The average molecular weight is 227 g/mol. The molecule has 2 heterocycles. The summed E-state index contributed by atoms with van der Waals surface area (Å²) in [5.74, 6) is 1.77. The molecular weight excluding hydrogens is 210 g/mol. The second-order valence-electron chi connectivity index (χ2n) is 3.91. The van der Waals surface area contributed by atoms with Crippen molar-refractivity contribution in [2.75, 3.05) is 18.6 Å². The molecule has 0 aromatic carbocycles. The van der Waals surface area contributed by atoms with Crippen LogP contribution < -0.4 is 5.32 Å². The average Bonchev–Trinajstić information content (AvgIpc) is 2.50. The molecule has 0 bridgehead atoms. The molecule has 1 N–H and O–H groups in total. The molecule has 1 aromatic rings. The highest BCUT2D eigenvalue weighted by Crippen LogP contribution is 2.15. The van der Waals surface area contributed by atoms with Gasteiger partial charge in [0.15, 0.2) is 0 Å². The van der Waals surface area contributed by atoms with Gasteiger partial charge in [0.25, 0.3) is 0 Å². The van der Waals surface area contributed by atoms with E-state index < -0.39 is 10.8 Å². The van der Waals surface area contributed by atoms with E-state index in [1.165, 1.54) is 11.4 Å². The Bertz CT molecular complexity index is 386. The van der Waals surface area contributed by atoms with Crippen molar-refractivity contribution in [2.45, 2.75) is 26.4 Å². The van der Waals surface area contributed by atoms with Gasteiger partial charge in [-0.3, -0.25) is 4.21 Å². The fourth-order valence-electron chi connectivity index (χ4n) is 2.02. The topological polar surface area (TPSA) is 46.9 Å². The van der Waals surface area contributed by atoms with Gasteiger partial charge in [-0.2, -0.15) is 0 Å². The lowest BCUT2D eigenvalue weighted by molar-refractivity contribution is 0.594. The predicted molar refractivity (Wildman–Crippen MR) is 61.3 cm³/mol. The van der Waals surface area contributed by atoms with Crippen LogP contribution in [0.25, 0.3) is 0 Å². The van der Waals surface area contributed by atoms with E-state index in [0.717, 1.165) is 37.6 Å². The Morgan fingerprint density at radius 3 is 3.13 bits per heavy atom. The minimum absolute atomic E-state index is 0.719. The lowest BCUT2D eigenvalue weighted by Crippen LogP contribution is -2.25.